The normalized spacial score (nSPS) is 12.9. The maximum atomic E-state index is 5.48. The highest BCUT2D eigenvalue weighted by atomic mass is 127. The van der Waals surface area contributed by atoms with E-state index in [1.807, 2.05) is 18.3 Å². The summed E-state index contributed by atoms with van der Waals surface area (Å²) in [4.78, 5) is 5.60. The van der Waals surface area contributed by atoms with Crippen LogP contribution in [0.2, 0.25) is 0 Å². The molecule has 0 aliphatic carbocycles. The molecule has 2 rings (SSSR count). The molecule has 1 N–H and O–H groups in total. The van der Waals surface area contributed by atoms with Crippen molar-refractivity contribution >= 4 is 33.9 Å². The summed E-state index contributed by atoms with van der Waals surface area (Å²) in [6, 6.07) is 4.23. The molecule has 16 heavy (non-hydrogen) atoms. The van der Waals surface area contributed by atoms with Crippen molar-refractivity contribution in [3.8, 4) is 0 Å². The molecule has 5 heteroatoms. The number of furan rings is 1. The molecule has 0 fully saturated rings. The second-order valence-corrected chi connectivity index (χ2v) is 5.95. The van der Waals surface area contributed by atoms with E-state index in [1.165, 1.54) is 4.88 Å². The summed E-state index contributed by atoms with van der Waals surface area (Å²) in [6.07, 6.45) is 1.91. The third kappa shape index (κ3) is 3.05. The Bertz CT molecular complexity index is 466. The highest BCUT2D eigenvalue weighted by Crippen LogP contribution is 2.19. The summed E-state index contributed by atoms with van der Waals surface area (Å²) in [5, 5.41) is 4.52. The van der Waals surface area contributed by atoms with E-state index in [1.54, 1.807) is 11.3 Å². The molecule has 1 unspecified atom stereocenters. The lowest BCUT2D eigenvalue weighted by atomic mass is 10.3. The second-order valence-electron chi connectivity index (χ2n) is 3.62. The third-order valence-electron chi connectivity index (χ3n) is 2.22. The van der Waals surface area contributed by atoms with Gasteiger partial charge in [0.25, 0.3) is 0 Å². The number of rotatable bonds is 4. The molecule has 2 aromatic heterocycles. The van der Waals surface area contributed by atoms with Crippen molar-refractivity contribution in [2.45, 2.75) is 26.4 Å². The van der Waals surface area contributed by atoms with E-state index in [0.29, 0.717) is 0 Å². The Hall–Kier alpha value is -0.400. The highest BCUT2D eigenvalue weighted by molar-refractivity contribution is 14.1. The van der Waals surface area contributed by atoms with Gasteiger partial charge < -0.3 is 9.73 Å². The number of halogens is 1. The van der Waals surface area contributed by atoms with Crippen molar-refractivity contribution in [1.82, 2.24) is 10.3 Å². The van der Waals surface area contributed by atoms with Crippen LogP contribution >= 0.6 is 33.9 Å². The highest BCUT2D eigenvalue weighted by Gasteiger charge is 2.09. The monoisotopic (exact) mass is 348 g/mol. The number of nitrogens with one attached hydrogen (secondary N) is 1. The van der Waals surface area contributed by atoms with Crippen molar-refractivity contribution in [3.63, 3.8) is 0 Å². The molecular weight excluding hydrogens is 335 g/mol. The van der Waals surface area contributed by atoms with Crippen molar-refractivity contribution < 1.29 is 4.42 Å². The van der Waals surface area contributed by atoms with Crippen molar-refractivity contribution in [2.24, 2.45) is 0 Å². The van der Waals surface area contributed by atoms with Crippen LogP contribution in [0.1, 0.15) is 28.6 Å². The maximum absolute atomic E-state index is 5.48. The molecule has 0 radical (unpaired) electrons. The summed E-state index contributed by atoms with van der Waals surface area (Å²) in [6.45, 7) is 4.93. The van der Waals surface area contributed by atoms with Gasteiger partial charge in [-0.2, -0.15) is 0 Å². The van der Waals surface area contributed by atoms with Crippen LogP contribution in [0.3, 0.4) is 0 Å². The van der Waals surface area contributed by atoms with E-state index >= 15 is 0 Å². The fourth-order valence-electron chi connectivity index (χ4n) is 1.36. The van der Waals surface area contributed by atoms with Crippen molar-refractivity contribution in [3.05, 3.63) is 37.7 Å². The smallest absolute Gasteiger partial charge is 0.164 e. The van der Waals surface area contributed by atoms with Crippen LogP contribution in [-0.2, 0) is 6.54 Å². The first kappa shape index (κ1) is 12.1. The van der Waals surface area contributed by atoms with Gasteiger partial charge in [0.1, 0.15) is 10.8 Å². The summed E-state index contributed by atoms with van der Waals surface area (Å²) in [5.41, 5.74) is 0. The molecular formula is C11H13IN2OS. The Balaban J connectivity index is 1.91. The number of aryl methyl sites for hydroxylation is 1. The molecule has 86 valence electrons. The summed E-state index contributed by atoms with van der Waals surface area (Å²) in [5.74, 6) is 0.963. The van der Waals surface area contributed by atoms with Crippen molar-refractivity contribution in [1.29, 1.82) is 0 Å². The lowest BCUT2D eigenvalue weighted by Gasteiger charge is -2.09. The predicted octanol–water partition coefficient (Wildman–Crippen LogP) is 3.50. The molecule has 0 amide bonds. The minimum Gasteiger partial charge on any atom is -0.454 e. The number of aromatic nitrogens is 1. The number of thiazole rings is 1. The first-order valence-corrected chi connectivity index (χ1v) is 6.94. The molecule has 0 aliphatic rings. The molecule has 0 saturated carbocycles. The standard InChI is InChI=1S/C11H13IN2OS/c1-7-5-14-11(16-7)8(2)13-6-9-3-4-10(12)15-9/h3-5,8,13H,6H2,1-2H3. The van der Waals surface area contributed by atoms with E-state index in [9.17, 15) is 0 Å². The molecule has 2 aromatic rings. The fraction of sp³-hybridized carbons (Fsp3) is 0.364. The van der Waals surface area contributed by atoms with Gasteiger partial charge in [0.15, 0.2) is 3.77 Å². The van der Waals surface area contributed by atoms with Gasteiger partial charge in [-0.05, 0) is 48.6 Å². The SMILES string of the molecule is Cc1cnc(C(C)NCc2ccc(I)o2)s1. The average molecular weight is 348 g/mol. The molecule has 0 bridgehead atoms. The Labute approximate surface area is 112 Å². The van der Waals surface area contributed by atoms with Crippen LogP contribution in [0.15, 0.2) is 22.7 Å². The first-order chi connectivity index (χ1) is 7.65. The Morgan fingerprint density at radius 1 is 1.56 bits per heavy atom. The second kappa shape index (κ2) is 5.29. The summed E-state index contributed by atoms with van der Waals surface area (Å²) >= 11 is 3.90. The minimum absolute atomic E-state index is 0.265. The van der Waals surface area contributed by atoms with Gasteiger partial charge in [0, 0.05) is 11.1 Å². The maximum Gasteiger partial charge on any atom is 0.164 e. The predicted molar refractivity (Wildman–Crippen MR) is 73.5 cm³/mol. The molecule has 0 aromatic carbocycles. The van der Waals surface area contributed by atoms with Gasteiger partial charge >= 0.3 is 0 Å². The van der Waals surface area contributed by atoms with E-state index < -0.39 is 0 Å². The van der Waals surface area contributed by atoms with E-state index in [-0.39, 0.29) is 6.04 Å². The molecule has 0 saturated heterocycles. The molecule has 0 aliphatic heterocycles. The largest absolute Gasteiger partial charge is 0.454 e. The quantitative estimate of drug-likeness (QED) is 0.860. The van der Waals surface area contributed by atoms with Crippen LogP contribution in [0.25, 0.3) is 0 Å². The van der Waals surface area contributed by atoms with Crippen LogP contribution < -0.4 is 5.32 Å². The Morgan fingerprint density at radius 3 is 2.94 bits per heavy atom. The summed E-state index contributed by atoms with van der Waals surface area (Å²) < 4.78 is 6.41. The lowest BCUT2D eigenvalue weighted by molar-refractivity contribution is 0.444. The number of nitrogens with zero attached hydrogens (tertiary/aromatic N) is 1. The zero-order valence-electron chi connectivity index (χ0n) is 9.16. The van der Waals surface area contributed by atoms with Crippen LogP contribution in [0.4, 0.5) is 0 Å². The molecule has 2 heterocycles. The van der Waals surface area contributed by atoms with Gasteiger partial charge in [0.05, 0.1) is 12.6 Å². The van der Waals surface area contributed by atoms with Gasteiger partial charge in [-0.15, -0.1) is 11.3 Å². The average Bonchev–Trinajstić information content (AvgIpc) is 2.84. The fourth-order valence-corrected chi connectivity index (χ4v) is 2.62. The zero-order chi connectivity index (χ0) is 11.5. The topological polar surface area (TPSA) is 38.1 Å². The molecule has 3 nitrogen and oxygen atoms in total. The van der Waals surface area contributed by atoms with Crippen LogP contribution in [0, 0.1) is 10.7 Å². The zero-order valence-corrected chi connectivity index (χ0v) is 12.1. The van der Waals surface area contributed by atoms with E-state index in [4.69, 9.17) is 4.42 Å². The first-order valence-electron chi connectivity index (χ1n) is 5.05. The van der Waals surface area contributed by atoms with Gasteiger partial charge in [-0.25, -0.2) is 4.98 Å². The van der Waals surface area contributed by atoms with Crippen LogP contribution in [0.5, 0.6) is 0 Å². The van der Waals surface area contributed by atoms with Crippen molar-refractivity contribution in [2.75, 3.05) is 0 Å². The molecule has 0 spiro atoms. The molecule has 1 atom stereocenters. The van der Waals surface area contributed by atoms with Gasteiger partial charge in [-0.3, -0.25) is 0 Å². The van der Waals surface area contributed by atoms with E-state index in [0.717, 1.165) is 21.1 Å². The van der Waals surface area contributed by atoms with Gasteiger partial charge in [0.2, 0.25) is 0 Å². The van der Waals surface area contributed by atoms with Gasteiger partial charge in [-0.1, -0.05) is 0 Å². The summed E-state index contributed by atoms with van der Waals surface area (Å²) in [7, 11) is 0. The van der Waals surface area contributed by atoms with Crippen LogP contribution in [-0.4, -0.2) is 4.98 Å². The minimum atomic E-state index is 0.265. The van der Waals surface area contributed by atoms with E-state index in [2.05, 4.69) is 46.7 Å². The Kier molecular flexibility index (Phi) is 3.99. The lowest BCUT2D eigenvalue weighted by Crippen LogP contribution is -2.17. The number of hydrogen-bond donors (Lipinski definition) is 1. The number of hydrogen-bond acceptors (Lipinski definition) is 4. The third-order valence-corrected chi connectivity index (χ3v) is 3.90. The Morgan fingerprint density at radius 2 is 2.38 bits per heavy atom.